The van der Waals surface area contributed by atoms with Crippen molar-refractivity contribution >= 4 is 17.3 Å². The van der Waals surface area contributed by atoms with E-state index in [1.165, 1.54) is 24.3 Å². The van der Waals surface area contributed by atoms with Crippen molar-refractivity contribution in [1.82, 2.24) is 24.3 Å². The van der Waals surface area contributed by atoms with Crippen LogP contribution in [0.4, 0.5) is 20.4 Å². The molecule has 4 heterocycles. The molecule has 36 heavy (non-hydrogen) atoms. The standard InChI is InChI=1S/C25H19F2N7O2/c1-25(13-6-8-14(26)9-7-13)18-19(28)31-20(32-21(18)33-24(25)35)16-12-34-11-10-29-22(34)23(30-16)36-17-5-3-2-4-15(17)27/h2-12,24,35H,1H3,(H3,28,31,32,33). The van der Waals surface area contributed by atoms with Crippen LogP contribution in [0.1, 0.15) is 18.1 Å². The number of nitrogens with two attached hydrogens (primary N) is 1. The zero-order chi connectivity index (χ0) is 25.0. The summed E-state index contributed by atoms with van der Waals surface area (Å²) < 4.78 is 35.1. The third-order valence-electron chi connectivity index (χ3n) is 6.34. The van der Waals surface area contributed by atoms with Crippen LogP contribution in [-0.2, 0) is 5.41 Å². The van der Waals surface area contributed by atoms with Gasteiger partial charge in [0.1, 0.15) is 29.4 Å². The monoisotopic (exact) mass is 487 g/mol. The Bertz CT molecular complexity index is 1620. The molecule has 9 nitrogen and oxygen atoms in total. The van der Waals surface area contributed by atoms with Gasteiger partial charge in [0.05, 0.1) is 11.0 Å². The first-order chi connectivity index (χ1) is 17.3. The summed E-state index contributed by atoms with van der Waals surface area (Å²) >= 11 is 0. The summed E-state index contributed by atoms with van der Waals surface area (Å²) in [5.41, 5.74) is 7.14. The Morgan fingerprint density at radius 2 is 1.86 bits per heavy atom. The van der Waals surface area contributed by atoms with E-state index in [9.17, 15) is 13.9 Å². The first kappa shape index (κ1) is 21.9. The van der Waals surface area contributed by atoms with Crippen molar-refractivity contribution in [2.45, 2.75) is 18.6 Å². The highest BCUT2D eigenvalue weighted by Gasteiger charge is 2.47. The predicted molar refractivity (Wildman–Crippen MR) is 127 cm³/mol. The van der Waals surface area contributed by atoms with E-state index in [-0.39, 0.29) is 29.0 Å². The number of imidazole rings is 1. The highest BCUT2D eigenvalue weighted by atomic mass is 19.1. The average molecular weight is 487 g/mol. The van der Waals surface area contributed by atoms with Crippen molar-refractivity contribution in [3.05, 3.63) is 89.9 Å². The number of halogens is 2. The summed E-state index contributed by atoms with van der Waals surface area (Å²) in [6.07, 6.45) is 3.79. The first-order valence-electron chi connectivity index (χ1n) is 11.0. The number of nitrogen functional groups attached to an aromatic ring is 1. The van der Waals surface area contributed by atoms with Gasteiger partial charge in [0.25, 0.3) is 5.88 Å². The fourth-order valence-electron chi connectivity index (χ4n) is 4.43. The SMILES string of the molecule is CC1(c2ccc(F)cc2)c2c(N)nc(-c3cn4ccnc4c(Oc4ccccc4F)n3)nc2NC1O. The molecule has 0 saturated heterocycles. The molecule has 0 radical (unpaired) electrons. The summed E-state index contributed by atoms with van der Waals surface area (Å²) in [5.74, 6) is -0.308. The largest absolute Gasteiger partial charge is 0.433 e. The zero-order valence-corrected chi connectivity index (χ0v) is 18.9. The van der Waals surface area contributed by atoms with Gasteiger partial charge in [-0.25, -0.2) is 28.7 Å². The molecule has 0 spiro atoms. The van der Waals surface area contributed by atoms with E-state index in [2.05, 4.69) is 25.3 Å². The minimum Gasteiger partial charge on any atom is -0.433 e. The van der Waals surface area contributed by atoms with Crippen LogP contribution in [0, 0.1) is 11.6 Å². The second kappa shape index (κ2) is 7.95. The van der Waals surface area contributed by atoms with Crippen molar-refractivity contribution in [1.29, 1.82) is 0 Å². The minimum absolute atomic E-state index is 0.0127. The average Bonchev–Trinajstić information content (AvgIpc) is 3.44. The topological polar surface area (TPSA) is 123 Å². The van der Waals surface area contributed by atoms with Gasteiger partial charge in [-0.05, 0) is 36.8 Å². The lowest BCUT2D eigenvalue weighted by atomic mass is 9.77. The number of ether oxygens (including phenoxy) is 1. The Labute approximate surface area is 203 Å². The molecule has 1 aliphatic heterocycles. The molecule has 0 fully saturated rings. The molecule has 0 amide bonds. The maximum atomic E-state index is 14.2. The molecule has 2 unspecified atom stereocenters. The van der Waals surface area contributed by atoms with Crippen LogP contribution in [0.5, 0.6) is 11.6 Å². The summed E-state index contributed by atoms with van der Waals surface area (Å²) in [6.45, 7) is 1.78. The van der Waals surface area contributed by atoms with Crippen molar-refractivity contribution in [2.24, 2.45) is 0 Å². The van der Waals surface area contributed by atoms with Crippen LogP contribution in [0.15, 0.2) is 67.1 Å². The molecular weight excluding hydrogens is 468 g/mol. The van der Waals surface area contributed by atoms with Crippen molar-refractivity contribution in [3.8, 4) is 23.1 Å². The van der Waals surface area contributed by atoms with Gasteiger partial charge in [-0.2, -0.15) is 0 Å². The van der Waals surface area contributed by atoms with Gasteiger partial charge in [0.2, 0.25) is 5.65 Å². The normalized spacial score (nSPS) is 18.7. The highest BCUT2D eigenvalue weighted by molar-refractivity contribution is 5.72. The van der Waals surface area contributed by atoms with Gasteiger partial charge in [-0.1, -0.05) is 24.3 Å². The van der Waals surface area contributed by atoms with Gasteiger partial charge in [0.15, 0.2) is 17.4 Å². The lowest BCUT2D eigenvalue weighted by Crippen LogP contribution is -2.37. The first-order valence-corrected chi connectivity index (χ1v) is 11.0. The van der Waals surface area contributed by atoms with Gasteiger partial charge >= 0.3 is 0 Å². The number of hydrogen-bond donors (Lipinski definition) is 3. The van der Waals surface area contributed by atoms with Crippen LogP contribution in [0.3, 0.4) is 0 Å². The highest BCUT2D eigenvalue weighted by Crippen LogP contribution is 2.47. The van der Waals surface area contributed by atoms with Gasteiger partial charge in [-0.15, -0.1) is 0 Å². The maximum Gasteiger partial charge on any atom is 0.264 e. The Hall–Kier alpha value is -4.64. The number of para-hydroxylation sites is 1. The van der Waals surface area contributed by atoms with Crippen molar-refractivity contribution < 1.29 is 18.6 Å². The summed E-state index contributed by atoms with van der Waals surface area (Å²) in [6, 6.07) is 11.8. The Morgan fingerprint density at radius 3 is 2.64 bits per heavy atom. The summed E-state index contributed by atoms with van der Waals surface area (Å²) in [5, 5.41) is 13.9. The number of hydrogen-bond acceptors (Lipinski definition) is 8. The van der Waals surface area contributed by atoms with Crippen molar-refractivity contribution in [3.63, 3.8) is 0 Å². The van der Waals surface area contributed by atoms with E-state index >= 15 is 0 Å². The molecule has 3 aromatic heterocycles. The fraction of sp³-hybridized carbons (Fsp3) is 0.120. The molecule has 2 atom stereocenters. The fourth-order valence-corrected chi connectivity index (χ4v) is 4.43. The number of nitrogens with zero attached hydrogens (tertiary/aromatic N) is 5. The molecule has 1 aliphatic rings. The molecule has 5 aromatic rings. The van der Waals surface area contributed by atoms with Gasteiger partial charge in [-0.3, -0.25) is 0 Å². The smallest absolute Gasteiger partial charge is 0.264 e. The molecule has 6 rings (SSSR count). The third kappa shape index (κ3) is 3.32. The number of nitrogens with one attached hydrogen (secondary N) is 1. The molecule has 180 valence electrons. The Balaban J connectivity index is 1.46. The lowest BCUT2D eigenvalue weighted by molar-refractivity contribution is 0.149. The van der Waals surface area contributed by atoms with Crippen LogP contribution < -0.4 is 15.8 Å². The minimum atomic E-state index is -1.09. The molecule has 4 N–H and O–H groups in total. The second-order valence-corrected chi connectivity index (χ2v) is 8.53. The third-order valence-corrected chi connectivity index (χ3v) is 6.34. The summed E-state index contributed by atoms with van der Waals surface area (Å²) in [4.78, 5) is 17.8. The lowest BCUT2D eigenvalue weighted by Gasteiger charge is -2.29. The Morgan fingerprint density at radius 1 is 1.08 bits per heavy atom. The van der Waals surface area contributed by atoms with Crippen molar-refractivity contribution in [2.75, 3.05) is 11.1 Å². The number of fused-ring (bicyclic) bond motifs is 2. The van der Waals surface area contributed by atoms with E-state index in [0.29, 0.717) is 22.6 Å². The molecule has 0 aliphatic carbocycles. The maximum absolute atomic E-state index is 14.2. The number of aromatic nitrogens is 5. The zero-order valence-electron chi connectivity index (χ0n) is 18.9. The molecule has 2 aromatic carbocycles. The number of anilines is 2. The number of benzene rings is 2. The Kier molecular flexibility index (Phi) is 4.83. The number of aliphatic hydroxyl groups is 1. The van der Waals surface area contributed by atoms with Crippen LogP contribution in [0.25, 0.3) is 17.2 Å². The summed E-state index contributed by atoms with van der Waals surface area (Å²) in [7, 11) is 0. The van der Waals surface area contributed by atoms with Crippen LogP contribution in [-0.4, -0.2) is 35.7 Å². The van der Waals surface area contributed by atoms with Crippen LogP contribution in [0.2, 0.25) is 0 Å². The van der Waals surface area contributed by atoms with Gasteiger partial charge < -0.3 is 25.3 Å². The van der Waals surface area contributed by atoms with E-state index in [4.69, 9.17) is 10.5 Å². The van der Waals surface area contributed by atoms with E-state index in [1.54, 1.807) is 54.2 Å². The molecule has 0 saturated carbocycles. The van der Waals surface area contributed by atoms with E-state index in [1.807, 2.05) is 0 Å². The van der Waals surface area contributed by atoms with E-state index in [0.717, 1.165) is 0 Å². The van der Waals surface area contributed by atoms with E-state index < -0.39 is 23.3 Å². The van der Waals surface area contributed by atoms with Gasteiger partial charge in [0, 0.05) is 18.6 Å². The number of rotatable bonds is 4. The second-order valence-electron chi connectivity index (χ2n) is 8.53. The number of aliphatic hydroxyl groups excluding tert-OH is 1. The quantitative estimate of drug-likeness (QED) is 0.349. The molecule has 0 bridgehead atoms. The molecule has 11 heteroatoms. The predicted octanol–water partition coefficient (Wildman–Crippen LogP) is 3.89. The molecular formula is C25H19F2N7O2. The van der Waals surface area contributed by atoms with Crippen LogP contribution >= 0.6 is 0 Å².